The largest absolute Gasteiger partial charge is 0.488 e. The van der Waals surface area contributed by atoms with Gasteiger partial charge < -0.3 is 20.1 Å². The van der Waals surface area contributed by atoms with Gasteiger partial charge in [0.15, 0.2) is 5.96 Å². The Bertz CT molecular complexity index is 549. The van der Waals surface area contributed by atoms with Crippen molar-refractivity contribution in [3.05, 3.63) is 29.3 Å². The smallest absolute Gasteiger partial charge is 0.191 e. The van der Waals surface area contributed by atoms with Crippen molar-refractivity contribution in [2.24, 2.45) is 4.99 Å². The average Bonchev–Trinajstić information content (AvgIpc) is 3.20. The zero-order valence-electron chi connectivity index (χ0n) is 14.1. The number of aryl methyl sites for hydroxylation is 1. The van der Waals surface area contributed by atoms with Crippen LogP contribution in [0.4, 0.5) is 0 Å². The van der Waals surface area contributed by atoms with Crippen LogP contribution < -0.4 is 15.4 Å². The molecule has 1 aromatic rings. The minimum atomic E-state index is 0.164. The van der Waals surface area contributed by atoms with Crippen LogP contribution in [0.25, 0.3) is 0 Å². The molecule has 1 saturated carbocycles. The summed E-state index contributed by atoms with van der Waals surface area (Å²) < 4.78 is 11.5. The highest BCUT2D eigenvalue weighted by atomic mass is 16.5. The Balaban J connectivity index is 1.69. The van der Waals surface area contributed by atoms with Gasteiger partial charge in [0.05, 0.1) is 19.8 Å². The first-order chi connectivity index (χ1) is 11.2. The van der Waals surface area contributed by atoms with E-state index in [9.17, 15) is 0 Å². The van der Waals surface area contributed by atoms with E-state index < -0.39 is 0 Å². The second-order valence-electron chi connectivity index (χ2n) is 6.33. The molecule has 0 radical (unpaired) electrons. The van der Waals surface area contributed by atoms with Gasteiger partial charge in [-0.05, 0) is 38.3 Å². The normalized spacial score (nSPS) is 21.3. The second-order valence-corrected chi connectivity index (χ2v) is 6.33. The quantitative estimate of drug-likeness (QED) is 0.625. The zero-order valence-corrected chi connectivity index (χ0v) is 14.1. The molecule has 2 fully saturated rings. The van der Waals surface area contributed by atoms with Crippen LogP contribution in [0.2, 0.25) is 0 Å². The molecule has 2 aliphatic rings. The van der Waals surface area contributed by atoms with E-state index in [-0.39, 0.29) is 6.10 Å². The summed E-state index contributed by atoms with van der Waals surface area (Å²) in [5.74, 6) is 1.83. The van der Waals surface area contributed by atoms with Gasteiger partial charge in [0.25, 0.3) is 0 Å². The lowest BCUT2D eigenvalue weighted by Gasteiger charge is -2.16. The monoisotopic (exact) mass is 317 g/mol. The molecule has 1 saturated heterocycles. The first kappa shape index (κ1) is 16.1. The zero-order chi connectivity index (χ0) is 16.1. The van der Waals surface area contributed by atoms with Crippen LogP contribution in [0.3, 0.4) is 0 Å². The molecule has 0 aromatic heterocycles. The molecule has 5 nitrogen and oxygen atoms in total. The maximum absolute atomic E-state index is 6.14. The third kappa shape index (κ3) is 4.86. The minimum absolute atomic E-state index is 0.164. The van der Waals surface area contributed by atoms with Gasteiger partial charge in [-0.25, -0.2) is 4.99 Å². The number of nitrogens with one attached hydrogen (secondary N) is 2. The Labute approximate surface area is 138 Å². The van der Waals surface area contributed by atoms with Crippen LogP contribution >= 0.6 is 0 Å². The lowest BCUT2D eigenvalue weighted by molar-refractivity contribution is 0.140. The Hall–Kier alpha value is -1.75. The third-order valence-corrected chi connectivity index (χ3v) is 4.07. The third-order valence-electron chi connectivity index (χ3n) is 4.07. The summed E-state index contributed by atoms with van der Waals surface area (Å²) in [5, 5.41) is 6.75. The van der Waals surface area contributed by atoms with Crippen molar-refractivity contribution in [1.82, 2.24) is 10.6 Å². The summed E-state index contributed by atoms with van der Waals surface area (Å²) in [6, 6.07) is 6.93. The second kappa shape index (κ2) is 7.68. The molecular formula is C18H27N3O2. The number of guanidine groups is 1. The van der Waals surface area contributed by atoms with Gasteiger partial charge in [0.2, 0.25) is 0 Å². The van der Waals surface area contributed by atoms with E-state index in [1.165, 1.54) is 18.4 Å². The molecule has 2 N–H and O–H groups in total. The maximum Gasteiger partial charge on any atom is 0.191 e. The average molecular weight is 317 g/mol. The van der Waals surface area contributed by atoms with Gasteiger partial charge in [-0.2, -0.15) is 0 Å². The van der Waals surface area contributed by atoms with Crippen LogP contribution in [-0.4, -0.2) is 37.9 Å². The van der Waals surface area contributed by atoms with Crippen molar-refractivity contribution in [3.63, 3.8) is 0 Å². The summed E-state index contributed by atoms with van der Waals surface area (Å²) >= 11 is 0. The van der Waals surface area contributed by atoms with Gasteiger partial charge >= 0.3 is 0 Å². The van der Waals surface area contributed by atoms with Gasteiger partial charge in [-0.1, -0.05) is 12.1 Å². The Morgan fingerprint density at radius 2 is 2.22 bits per heavy atom. The van der Waals surface area contributed by atoms with Crippen molar-refractivity contribution in [2.45, 2.75) is 51.8 Å². The number of ether oxygens (including phenoxy) is 2. The molecule has 1 aromatic carbocycles. The van der Waals surface area contributed by atoms with Gasteiger partial charge in [-0.3, -0.25) is 0 Å². The van der Waals surface area contributed by atoms with Crippen LogP contribution in [0.1, 0.15) is 37.3 Å². The van der Waals surface area contributed by atoms with Crippen molar-refractivity contribution in [3.8, 4) is 5.75 Å². The van der Waals surface area contributed by atoms with E-state index in [1.54, 1.807) is 0 Å². The van der Waals surface area contributed by atoms with E-state index in [0.717, 1.165) is 36.8 Å². The predicted molar refractivity (Wildman–Crippen MR) is 92.0 cm³/mol. The van der Waals surface area contributed by atoms with Crippen molar-refractivity contribution in [2.75, 3.05) is 19.8 Å². The van der Waals surface area contributed by atoms with E-state index in [2.05, 4.69) is 42.7 Å². The fraction of sp³-hybridized carbons (Fsp3) is 0.611. The predicted octanol–water partition coefficient (Wildman–Crippen LogP) is 2.38. The number of rotatable bonds is 6. The molecule has 1 heterocycles. The Kier molecular flexibility index (Phi) is 5.39. The first-order valence-corrected chi connectivity index (χ1v) is 8.63. The lowest BCUT2D eigenvalue weighted by Crippen LogP contribution is -2.38. The van der Waals surface area contributed by atoms with Crippen molar-refractivity contribution >= 4 is 5.96 Å². The van der Waals surface area contributed by atoms with Gasteiger partial charge in [-0.15, -0.1) is 0 Å². The summed E-state index contributed by atoms with van der Waals surface area (Å²) in [5.41, 5.74) is 2.32. The first-order valence-electron chi connectivity index (χ1n) is 8.63. The fourth-order valence-corrected chi connectivity index (χ4v) is 2.59. The molecule has 126 valence electrons. The molecule has 1 aliphatic carbocycles. The number of hydrogen-bond acceptors (Lipinski definition) is 3. The molecule has 1 atom stereocenters. The molecule has 1 unspecified atom stereocenters. The maximum atomic E-state index is 6.14. The molecule has 3 rings (SSSR count). The van der Waals surface area contributed by atoms with Crippen molar-refractivity contribution < 1.29 is 9.47 Å². The highest BCUT2D eigenvalue weighted by Gasteiger charge is 2.22. The van der Waals surface area contributed by atoms with Crippen molar-refractivity contribution in [1.29, 1.82) is 0 Å². The highest BCUT2D eigenvalue weighted by Crippen LogP contribution is 2.24. The number of benzene rings is 1. The van der Waals surface area contributed by atoms with Crippen LogP contribution in [0, 0.1) is 6.92 Å². The summed E-state index contributed by atoms with van der Waals surface area (Å²) in [6.45, 7) is 7.14. The van der Waals surface area contributed by atoms with E-state index >= 15 is 0 Å². The molecule has 23 heavy (non-hydrogen) atoms. The summed E-state index contributed by atoms with van der Waals surface area (Å²) in [6.07, 6.45) is 3.61. The van der Waals surface area contributed by atoms with E-state index in [4.69, 9.17) is 14.5 Å². The lowest BCUT2D eigenvalue weighted by atomic mass is 10.1. The Morgan fingerprint density at radius 3 is 2.91 bits per heavy atom. The molecule has 5 heteroatoms. The van der Waals surface area contributed by atoms with Gasteiger partial charge in [0.1, 0.15) is 11.9 Å². The minimum Gasteiger partial charge on any atom is -0.488 e. The van der Waals surface area contributed by atoms with E-state index in [0.29, 0.717) is 19.2 Å². The highest BCUT2D eigenvalue weighted by molar-refractivity contribution is 5.80. The molecule has 1 aliphatic heterocycles. The molecule has 0 bridgehead atoms. The van der Waals surface area contributed by atoms with Gasteiger partial charge in [0, 0.05) is 24.6 Å². The van der Waals surface area contributed by atoms with E-state index in [1.807, 2.05) is 0 Å². The number of hydrogen-bond donors (Lipinski definition) is 2. The fourth-order valence-electron chi connectivity index (χ4n) is 2.59. The summed E-state index contributed by atoms with van der Waals surface area (Å²) in [4.78, 5) is 4.71. The number of nitrogens with zero attached hydrogens (tertiary/aromatic N) is 1. The summed E-state index contributed by atoms with van der Waals surface area (Å²) in [7, 11) is 0. The topological polar surface area (TPSA) is 54.9 Å². The number of aliphatic imine (C=N–C) groups is 1. The molecule has 0 spiro atoms. The van der Waals surface area contributed by atoms with Crippen LogP contribution in [-0.2, 0) is 11.3 Å². The SMILES string of the molecule is CCNC(=NCc1ccc(C)cc1OC1CCOC1)NC1CC1. The Morgan fingerprint density at radius 1 is 1.35 bits per heavy atom. The van der Waals surface area contributed by atoms with Crippen LogP contribution in [0.15, 0.2) is 23.2 Å². The molecule has 0 amide bonds. The molecular weight excluding hydrogens is 290 g/mol. The standard InChI is InChI=1S/C18H27N3O2/c1-3-19-18(21-15-6-7-15)20-11-14-5-4-13(2)10-17(14)23-16-8-9-22-12-16/h4-5,10,15-16H,3,6-9,11-12H2,1-2H3,(H2,19,20,21). The van der Waals surface area contributed by atoms with Crippen LogP contribution in [0.5, 0.6) is 5.75 Å².